The summed E-state index contributed by atoms with van der Waals surface area (Å²) in [5, 5.41) is 0. The van der Waals surface area contributed by atoms with E-state index in [0.717, 1.165) is 11.1 Å². The van der Waals surface area contributed by atoms with Crippen LogP contribution < -0.4 is 9.47 Å². The Morgan fingerprint density at radius 2 is 1.93 bits per heavy atom. The van der Waals surface area contributed by atoms with Crippen LogP contribution >= 0.6 is 24.0 Å². The lowest BCUT2D eigenvalue weighted by Crippen LogP contribution is -2.22. The van der Waals surface area contributed by atoms with Gasteiger partial charge in [-0.05, 0) is 48.7 Å². The van der Waals surface area contributed by atoms with Crippen LogP contribution in [0.3, 0.4) is 0 Å². The van der Waals surface area contributed by atoms with E-state index in [-0.39, 0.29) is 5.91 Å². The zero-order chi connectivity index (χ0) is 19.4. The van der Waals surface area contributed by atoms with Crippen molar-refractivity contribution < 1.29 is 14.3 Å². The third-order valence-corrected chi connectivity index (χ3v) is 5.68. The minimum Gasteiger partial charge on any atom is -0.490 e. The maximum absolute atomic E-state index is 12.2. The molecule has 2 aromatic carbocycles. The monoisotopic (exact) mass is 399 g/mol. The van der Waals surface area contributed by atoms with Gasteiger partial charge in [-0.15, -0.1) is 0 Å². The molecule has 1 fully saturated rings. The summed E-state index contributed by atoms with van der Waals surface area (Å²) < 4.78 is 12.3. The Morgan fingerprint density at radius 3 is 2.59 bits per heavy atom. The second-order valence-corrected chi connectivity index (χ2v) is 7.77. The topological polar surface area (TPSA) is 38.8 Å². The summed E-state index contributed by atoms with van der Waals surface area (Å²) in [5.41, 5.74) is 3.19. The van der Waals surface area contributed by atoms with Crippen LogP contribution in [0.1, 0.15) is 23.6 Å². The molecular formula is C21H21NO3S2. The highest BCUT2D eigenvalue weighted by Crippen LogP contribution is 2.34. The quantitative estimate of drug-likeness (QED) is 0.515. The number of nitrogens with zero attached hydrogens (tertiary/aromatic N) is 1. The molecule has 1 aliphatic heterocycles. The maximum atomic E-state index is 12.2. The van der Waals surface area contributed by atoms with E-state index in [4.69, 9.17) is 21.7 Å². The first kappa shape index (κ1) is 19.5. The summed E-state index contributed by atoms with van der Waals surface area (Å²) in [6.45, 7) is 5.00. The van der Waals surface area contributed by atoms with E-state index in [1.54, 1.807) is 7.05 Å². The number of benzene rings is 2. The predicted octanol–water partition coefficient (Wildman–Crippen LogP) is 4.80. The van der Waals surface area contributed by atoms with E-state index < -0.39 is 0 Å². The van der Waals surface area contributed by atoms with Gasteiger partial charge in [0.15, 0.2) is 11.5 Å². The molecule has 0 aliphatic carbocycles. The maximum Gasteiger partial charge on any atom is 0.265 e. The summed E-state index contributed by atoms with van der Waals surface area (Å²) >= 11 is 6.48. The van der Waals surface area contributed by atoms with Crippen molar-refractivity contribution in [1.82, 2.24) is 4.90 Å². The SMILES string of the molecule is CCOc1cc(/C=C2\SC(=S)N(C)C2=O)ccc1OCc1ccccc1C. The highest BCUT2D eigenvalue weighted by atomic mass is 32.2. The molecule has 0 aromatic heterocycles. The number of likely N-dealkylation sites (N-methyl/N-ethyl adjacent to an activating group) is 1. The fourth-order valence-corrected chi connectivity index (χ4v) is 3.81. The number of hydrogen-bond donors (Lipinski definition) is 0. The standard InChI is InChI=1S/C21H21NO3S2/c1-4-24-18-11-15(12-19-20(23)22(3)21(26)27-19)9-10-17(18)25-13-16-8-6-5-7-14(16)2/h5-12H,4,13H2,1-3H3/b19-12-. The highest BCUT2D eigenvalue weighted by molar-refractivity contribution is 8.26. The first-order valence-electron chi connectivity index (χ1n) is 8.65. The van der Waals surface area contributed by atoms with Crippen LogP contribution in [-0.4, -0.2) is 28.8 Å². The Morgan fingerprint density at radius 1 is 1.15 bits per heavy atom. The van der Waals surface area contributed by atoms with Gasteiger partial charge in [-0.1, -0.05) is 54.3 Å². The third kappa shape index (κ3) is 4.51. The van der Waals surface area contributed by atoms with Crippen LogP contribution in [0.5, 0.6) is 11.5 Å². The van der Waals surface area contributed by atoms with E-state index in [2.05, 4.69) is 19.1 Å². The molecule has 1 heterocycles. The molecule has 0 bridgehead atoms. The van der Waals surface area contributed by atoms with Crippen molar-refractivity contribution >= 4 is 40.3 Å². The molecule has 6 heteroatoms. The van der Waals surface area contributed by atoms with Gasteiger partial charge in [0, 0.05) is 7.05 Å². The van der Waals surface area contributed by atoms with Gasteiger partial charge in [0.05, 0.1) is 11.5 Å². The molecule has 140 valence electrons. The summed E-state index contributed by atoms with van der Waals surface area (Å²) in [4.78, 5) is 14.3. The second kappa shape index (κ2) is 8.59. The van der Waals surface area contributed by atoms with Gasteiger partial charge in [0.2, 0.25) is 0 Å². The molecule has 1 amide bonds. The molecular weight excluding hydrogens is 378 g/mol. The van der Waals surface area contributed by atoms with Crippen molar-refractivity contribution in [1.29, 1.82) is 0 Å². The van der Waals surface area contributed by atoms with Crippen LogP contribution in [0.15, 0.2) is 47.4 Å². The summed E-state index contributed by atoms with van der Waals surface area (Å²) in [6.07, 6.45) is 1.83. The molecule has 1 aliphatic rings. The average Bonchev–Trinajstić information content (AvgIpc) is 2.89. The summed E-state index contributed by atoms with van der Waals surface area (Å²) in [6, 6.07) is 13.8. The number of aryl methyl sites for hydroxylation is 1. The molecule has 4 nitrogen and oxygen atoms in total. The molecule has 0 spiro atoms. The number of carbonyl (C=O) groups excluding carboxylic acids is 1. The van der Waals surface area contributed by atoms with Gasteiger partial charge in [0.1, 0.15) is 10.9 Å². The molecule has 3 rings (SSSR count). The zero-order valence-corrected chi connectivity index (χ0v) is 17.2. The van der Waals surface area contributed by atoms with Crippen molar-refractivity contribution in [2.45, 2.75) is 20.5 Å². The van der Waals surface area contributed by atoms with E-state index in [1.165, 1.54) is 22.2 Å². The van der Waals surface area contributed by atoms with Crippen molar-refractivity contribution in [2.75, 3.05) is 13.7 Å². The van der Waals surface area contributed by atoms with Crippen LogP contribution in [0.2, 0.25) is 0 Å². The minimum absolute atomic E-state index is 0.0807. The van der Waals surface area contributed by atoms with E-state index >= 15 is 0 Å². The molecule has 0 N–H and O–H groups in total. The van der Waals surface area contributed by atoms with Crippen LogP contribution in [0, 0.1) is 6.92 Å². The smallest absolute Gasteiger partial charge is 0.265 e. The predicted molar refractivity (Wildman–Crippen MR) is 114 cm³/mol. The first-order chi connectivity index (χ1) is 13.0. The summed E-state index contributed by atoms with van der Waals surface area (Å²) in [7, 11) is 1.69. The van der Waals surface area contributed by atoms with E-state index in [9.17, 15) is 4.79 Å². The number of ether oxygens (including phenoxy) is 2. The van der Waals surface area contributed by atoms with E-state index in [1.807, 2.05) is 43.3 Å². The molecule has 0 radical (unpaired) electrons. The molecule has 1 saturated heterocycles. The number of thiocarbonyl (C=S) groups is 1. The van der Waals surface area contributed by atoms with Gasteiger partial charge < -0.3 is 9.47 Å². The fourth-order valence-electron chi connectivity index (χ4n) is 2.63. The van der Waals surface area contributed by atoms with Gasteiger partial charge in [-0.25, -0.2) is 0 Å². The minimum atomic E-state index is -0.0807. The number of rotatable bonds is 6. The second-order valence-electron chi connectivity index (χ2n) is 6.10. The Hall–Kier alpha value is -2.31. The van der Waals surface area contributed by atoms with Crippen molar-refractivity contribution in [3.63, 3.8) is 0 Å². The van der Waals surface area contributed by atoms with Gasteiger partial charge >= 0.3 is 0 Å². The van der Waals surface area contributed by atoms with Crippen molar-refractivity contribution in [3.8, 4) is 11.5 Å². The number of carbonyl (C=O) groups is 1. The molecule has 0 unspecified atom stereocenters. The number of hydrogen-bond acceptors (Lipinski definition) is 5. The Kier molecular flexibility index (Phi) is 6.19. The van der Waals surface area contributed by atoms with E-state index in [0.29, 0.717) is 33.9 Å². The largest absolute Gasteiger partial charge is 0.490 e. The van der Waals surface area contributed by atoms with Crippen molar-refractivity contribution in [2.24, 2.45) is 0 Å². The average molecular weight is 400 g/mol. The lowest BCUT2D eigenvalue weighted by atomic mass is 10.1. The van der Waals surface area contributed by atoms with Gasteiger partial charge in [-0.2, -0.15) is 0 Å². The van der Waals surface area contributed by atoms with Gasteiger partial charge in [0.25, 0.3) is 5.91 Å². The fraction of sp³-hybridized carbons (Fsp3) is 0.238. The zero-order valence-electron chi connectivity index (χ0n) is 15.5. The number of amides is 1. The Bertz CT molecular complexity index is 908. The highest BCUT2D eigenvalue weighted by Gasteiger charge is 2.28. The van der Waals surface area contributed by atoms with Crippen LogP contribution in [-0.2, 0) is 11.4 Å². The molecule has 0 saturated carbocycles. The van der Waals surface area contributed by atoms with Crippen LogP contribution in [0.4, 0.5) is 0 Å². The first-order valence-corrected chi connectivity index (χ1v) is 9.87. The molecule has 27 heavy (non-hydrogen) atoms. The Labute approximate surface area is 169 Å². The summed E-state index contributed by atoms with van der Waals surface area (Å²) in [5.74, 6) is 1.26. The third-order valence-electron chi connectivity index (χ3n) is 4.20. The normalized spacial score (nSPS) is 15.5. The lowest BCUT2D eigenvalue weighted by molar-refractivity contribution is -0.121. The number of thioether (sulfide) groups is 1. The lowest BCUT2D eigenvalue weighted by Gasteiger charge is -2.14. The van der Waals surface area contributed by atoms with Crippen LogP contribution in [0.25, 0.3) is 6.08 Å². The Balaban J connectivity index is 1.81. The van der Waals surface area contributed by atoms with Crippen molar-refractivity contribution in [3.05, 3.63) is 64.1 Å². The molecule has 2 aromatic rings. The molecule has 0 atom stereocenters. The van der Waals surface area contributed by atoms with Gasteiger partial charge in [-0.3, -0.25) is 9.69 Å².